The van der Waals surface area contributed by atoms with E-state index in [9.17, 15) is 4.79 Å². The van der Waals surface area contributed by atoms with Crippen molar-refractivity contribution in [2.45, 2.75) is 52.1 Å². The van der Waals surface area contributed by atoms with Gasteiger partial charge in [-0.2, -0.15) is 0 Å². The number of rotatable bonds is 1. The maximum atomic E-state index is 12.3. The van der Waals surface area contributed by atoms with Crippen LogP contribution in [0.5, 0.6) is 0 Å². The zero-order chi connectivity index (χ0) is 17.5. The van der Waals surface area contributed by atoms with Crippen LogP contribution >= 0.6 is 11.6 Å². The number of pyridine rings is 1. The molecule has 130 valence electrons. The molecule has 1 aliphatic heterocycles. The second-order valence-corrected chi connectivity index (χ2v) is 7.72. The summed E-state index contributed by atoms with van der Waals surface area (Å²) in [6.45, 7) is 8.81. The summed E-state index contributed by atoms with van der Waals surface area (Å²) in [6, 6.07) is 1.85. The highest BCUT2D eigenvalue weighted by molar-refractivity contribution is 6.31. The second-order valence-electron chi connectivity index (χ2n) is 7.31. The van der Waals surface area contributed by atoms with Gasteiger partial charge in [-0.25, -0.2) is 14.8 Å². The lowest BCUT2D eigenvalue weighted by Gasteiger charge is -2.33. The highest BCUT2D eigenvalue weighted by Crippen LogP contribution is 2.28. The Kier molecular flexibility index (Phi) is 4.42. The van der Waals surface area contributed by atoms with E-state index in [0.717, 1.165) is 36.4 Å². The van der Waals surface area contributed by atoms with Crippen LogP contribution in [0.2, 0.25) is 5.02 Å². The summed E-state index contributed by atoms with van der Waals surface area (Å²) in [5, 5.41) is 0.622. The van der Waals surface area contributed by atoms with Crippen molar-refractivity contribution in [1.29, 1.82) is 0 Å². The van der Waals surface area contributed by atoms with E-state index >= 15 is 0 Å². The lowest BCUT2D eigenvalue weighted by molar-refractivity contribution is 0.0196. The van der Waals surface area contributed by atoms with E-state index < -0.39 is 5.60 Å². The summed E-state index contributed by atoms with van der Waals surface area (Å²) in [6.07, 6.45) is 1.64. The number of likely N-dealkylation sites (tertiary alicyclic amines) is 1. The van der Waals surface area contributed by atoms with Gasteiger partial charge in [0.1, 0.15) is 11.4 Å². The number of nitrogens with one attached hydrogen (secondary N) is 1. The minimum atomic E-state index is -0.485. The largest absolute Gasteiger partial charge is 0.444 e. The Bertz CT molecular complexity index is 727. The Labute approximate surface area is 146 Å². The number of aromatic nitrogens is 3. The Morgan fingerprint density at radius 3 is 2.88 bits per heavy atom. The Hall–Kier alpha value is -1.82. The number of halogens is 1. The number of carbonyl (C=O) groups excluding carboxylic acids is 1. The van der Waals surface area contributed by atoms with Gasteiger partial charge in [-0.3, -0.25) is 0 Å². The predicted octanol–water partition coefficient (Wildman–Crippen LogP) is 4.03. The van der Waals surface area contributed by atoms with E-state index in [2.05, 4.69) is 15.0 Å². The van der Waals surface area contributed by atoms with E-state index in [0.29, 0.717) is 17.2 Å². The third-order valence-electron chi connectivity index (χ3n) is 4.08. The number of hydrogen-bond acceptors (Lipinski definition) is 4. The van der Waals surface area contributed by atoms with Crippen LogP contribution in [0.3, 0.4) is 0 Å². The summed E-state index contributed by atoms with van der Waals surface area (Å²) < 4.78 is 5.48. The smallest absolute Gasteiger partial charge is 0.410 e. The minimum Gasteiger partial charge on any atom is -0.444 e. The summed E-state index contributed by atoms with van der Waals surface area (Å²) in [7, 11) is 0. The number of fused-ring (bicyclic) bond motifs is 1. The van der Waals surface area contributed by atoms with E-state index in [-0.39, 0.29) is 12.0 Å². The molecule has 0 unspecified atom stereocenters. The first-order chi connectivity index (χ1) is 11.2. The molecule has 24 heavy (non-hydrogen) atoms. The van der Waals surface area contributed by atoms with Crippen molar-refractivity contribution in [3.8, 4) is 0 Å². The van der Waals surface area contributed by atoms with Crippen LogP contribution in [-0.2, 0) is 4.74 Å². The van der Waals surface area contributed by atoms with Gasteiger partial charge in [0.25, 0.3) is 0 Å². The molecular weight excluding hydrogens is 328 g/mol. The highest BCUT2D eigenvalue weighted by Gasteiger charge is 2.29. The molecule has 6 nitrogen and oxygen atoms in total. The van der Waals surface area contributed by atoms with E-state index in [1.165, 1.54) is 0 Å². The number of carbonyl (C=O) groups is 1. The van der Waals surface area contributed by atoms with Gasteiger partial charge in [-0.05, 0) is 46.6 Å². The molecule has 3 rings (SSSR count). The number of amides is 1. The maximum absolute atomic E-state index is 12.3. The molecule has 0 aliphatic carbocycles. The van der Waals surface area contributed by atoms with Gasteiger partial charge in [-0.1, -0.05) is 11.6 Å². The fraction of sp³-hybridized carbons (Fsp3) is 0.588. The molecule has 1 atom stereocenters. The number of nitrogens with zero attached hydrogens (tertiary/aromatic N) is 3. The molecule has 3 heterocycles. The summed E-state index contributed by atoms with van der Waals surface area (Å²) in [4.78, 5) is 26.4. The molecule has 0 spiro atoms. The Morgan fingerprint density at radius 2 is 2.17 bits per heavy atom. The van der Waals surface area contributed by atoms with Gasteiger partial charge < -0.3 is 14.6 Å². The van der Waals surface area contributed by atoms with Crippen LogP contribution < -0.4 is 0 Å². The Balaban J connectivity index is 1.78. The fourth-order valence-corrected chi connectivity index (χ4v) is 3.06. The van der Waals surface area contributed by atoms with E-state index in [1.807, 2.05) is 33.8 Å². The van der Waals surface area contributed by atoms with Crippen LogP contribution in [0.15, 0.2) is 6.07 Å². The minimum absolute atomic E-state index is 0.152. The number of aromatic amines is 1. The fourth-order valence-electron chi connectivity index (χ4n) is 2.91. The summed E-state index contributed by atoms with van der Waals surface area (Å²) in [5.74, 6) is 1.01. The topological polar surface area (TPSA) is 71.1 Å². The zero-order valence-corrected chi connectivity index (χ0v) is 15.3. The number of imidazole rings is 1. The maximum Gasteiger partial charge on any atom is 0.410 e. The van der Waals surface area contributed by atoms with Crippen molar-refractivity contribution < 1.29 is 9.53 Å². The van der Waals surface area contributed by atoms with Crippen molar-refractivity contribution >= 4 is 28.9 Å². The van der Waals surface area contributed by atoms with Gasteiger partial charge in [0.15, 0.2) is 5.65 Å². The molecule has 1 aliphatic rings. The molecule has 0 bridgehead atoms. The molecule has 2 aromatic heterocycles. The molecule has 1 saturated heterocycles. The number of piperidine rings is 1. The van der Waals surface area contributed by atoms with Gasteiger partial charge in [0, 0.05) is 19.0 Å². The quantitative estimate of drug-likeness (QED) is 0.842. The monoisotopic (exact) mass is 350 g/mol. The SMILES string of the molecule is Cc1nc2nc([C@H]3CCCN(C(=O)OC(C)(C)C)C3)[nH]c2cc1Cl. The molecule has 0 radical (unpaired) electrons. The number of H-pyrrole nitrogens is 1. The molecule has 0 aromatic carbocycles. The van der Waals surface area contributed by atoms with Crippen LogP contribution in [0.25, 0.3) is 11.2 Å². The third-order valence-corrected chi connectivity index (χ3v) is 4.46. The molecule has 2 aromatic rings. The first kappa shape index (κ1) is 17.0. The molecule has 1 amide bonds. The number of hydrogen-bond donors (Lipinski definition) is 1. The first-order valence-corrected chi connectivity index (χ1v) is 8.61. The van der Waals surface area contributed by atoms with Gasteiger partial charge >= 0.3 is 6.09 Å². The normalized spacial score (nSPS) is 18.9. The van der Waals surface area contributed by atoms with Crippen molar-refractivity contribution in [1.82, 2.24) is 19.9 Å². The second kappa shape index (κ2) is 6.24. The zero-order valence-electron chi connectivity index (χ0n) is 14.5. The van der Waals surface area contributed by atoms with Crippen LogP contribution in [-0.4, -0.2) is 44.6 Å². The van der Waals surface area contributed by atoms with Crippen molar-refractivity contribution in [2.24, 2.45) is 0 Å². The average molecular weight is 351 g/mol. The van der Waals surface area contributed by atoms with E-state index in [4.69, 9.17) is 16.3 Å². The molecule has 0 saturated carbocycles. The third kappa shape index (κ3) is 3.64. The molecule has 7 heteroatoms. The van der Waals surface area contributed by atoms with Gasteiger partial charge in [0.2, 0.25) is 0 Å². The van der Waals surface area contributed by atoms with Crippen LogP contribution in [0.1, 0.15) is 51.0 Å². The van der Waals surface area contributed by atoms with Crippen molar-refractivity contribution in [2.75, 3.05) is 13.1 Å². The standard InChI is InChI=1S/C17H23ClN4O2/c1-10-12(18)8-13-15(19-10)21-14(20-13)11-6-5-7-22(9-11)16(23)24-17(2,3)4/h8,11H,5-7,9H2,1-4H3,(H,19,20,21)/t11-/m0/s1. The molecule has 1 N–H and O–H groups in total. The Morgan fingerprint density at radius 1 is 1.42 bits per heavy atom. The average Bonchev–Trinajstić information content (AvgIpc) is 2.89. The molecule has 1 fully saturated rings. The van der Waals surface area contributed by atoms with Crippen LogP contribution in [0, 0.1) is 6.92 Å². The van der Waals surface area contributed by atoms with Gasteiger partial charge in [-0.15, -0.1) is 0 Å². The van der Waals surface area contributed by atoms with E-state index in [1.54, 1.807) is 4.90 Å². The molecular formula is C17H23ClN4O2. The lowest BCUT2D eigenvalue weighted by Crippen LogP contribution is -2.42. The predicted molar refractivity (Wildman–Crippen MR) is 93.4 cm³/mol. The lowest BCUT2D eigenvalue weighted by atomic mass is 9.98. The number of ether oxygens (including phenoxy) is 1. The first-order valence-electron chi connectivity index (χ1n) is 8.23. The van der Waals surface area contributed by atoms with Crippen molar-refractivity contribution in [3.05, 3.63) is 22.6 Å². The number of aryl methyl sites for hydroxylation is 1. The van der Waals surface area contributed by atoms with Crippen LogP contribution in [0.4, 0.5) is 4.79 Å². The highest BCUT2D eigenvalue weighted by atomic mass is 35.5. The van der Waals surface area contributed by atoms with Crippen molar-refractivity contribution in [3.63, 3.8) is 0 Å². The summed E-state index contributed by atoms with van der Waals surface area (Å²) >= 11 is 6.13. The van der Waals surface area contributed by atoms with Gasteiger partial charge in [0.05, 0.1) is 16.2 Å². The summed E-state index contributed by atoms with van der Waals surface area (Å²) in [5.41, 5.74) is 1.78.